The Hall–Kier alpha value is -1.84. The summed E-state index contributed by atoms with van der Waals surface area (Å²) in [4.78, 5) is 21.8. The number of benzene rings is 1. The number of nitrogens with two attached hydrogens (primary N) is 1. The van der Waals surface area contributed by atoms with E-state index in [4.69, 9.17) is 5.73 Å². The van der Waals surface area contributed by atoms with Gasteiger partial charge in [-0.1, -0.05) is 30.3 Å². The first-order valence-electron chi connectivity index (χ1n) is 5.62. The molecule has 0 atom stereocenters. The molecule has 0 bridgehead atoms. The van der Waals surface area contributed by atoms with Crippen LogP contribution >= 0.6 is 0 Å². The van der Waals surface area contributed by atoms with Crippen molar-refractivity contribution in [3.63, 3.8) is 0 Å². The number of primary amides is 1. The molecule has 4 heteroatoms. The Bertz CT molecular complexity index is 363. The Kier molecular flexibility index (Phi) is 5.79. The second-order valence-corrected chi connectivity index (χ2v) is 3.74. The van der Waals surface area contributed by atoms with Gasteiger partial charge in [0.2, 0.25) is 11.8 Å². The van der Waals surface area contributed by atoms with Crippen molar-refractivity contribution in [2.45, 2.75) is 19.3 Å². The van der Waals surface area contributed by atoms with Gasteiger partial charge in [-0.15, -0.1) is 0 Å². The molecule has 2 amide bonds. The maximum absolute atomic E-state index is 11.3. The molecule has 0 aliphatic carbocycles. The van der Waals surface area contributed by atoms with E-state index in [9.17, 15) is 9.59 Å². The van der Waals surface area contributed by atoms with Gasteiger partial charge in [-0.05, 0) is 12.0 Å². The minimum atomic E-state index is -0.367. The van der Waals surface area contributed by atoms with E-state index in [-0.39, 0.29) is 18.2 Å². The Balaban J connectivity index is 2.10. The van der Waals surface area contributed by atoms with E-state index in [1.54, 1.807) is 0 Å². The van der Waals surface area contributed by atoms with E-state index in [0.29, 0.717) is 19.4 Å². The fraction of sp³-hybridized carbons (Fsp3) is 0.308. The van der Waals surface area contributed by atoms with Gasteiger partial charge >= 0.3 is 0 Å². The van der Waals surface area contributed by atoms with Gasteiger partial charge in [0.1, 0.15) is 0 Å². The number of carbonyl (C=O) groups is 2. The Labute approximate surface area is 101 Å². The highest BCUT2D eigenvalue weighted by Crippen LogP contribution is 2.00. The van der Waals surface area contributed by atoms with Crippen molar-refractivity contribution in [1.82, 2.24) is 5.32 Å². The van der Waals surface area contributed by atoms with E-state index in [0.717, 1.165) is 5.56 Å². The fourth-order valence-corrected chi connectivity index (χ4v) is 1.38. The van der Waals surface area contributed by atoms with Crippen molar-refractivity contribution in [1.29, 1.82) is 0 Å². The van der Waals surface area contributed by atoms with E-state index in [1.807, 2.05) is 36.8 Å². The average Bonchev–Trinajstić information content (AvgIpc) is 2.30. The van der Waals surface area contributed by atoms with Crippen LogP contribution in [-0.2, 0) is 9.59 Å². The van der Waals surface area contributed by atoms with Gasteiger partial charge in [-0.2, -0.15) is 0 Å². The molecule has 1 aromatic carbocycles. The molecule has 0 saturated carbocycles. The van der Waals surface area contributed by atoms with Crippen LogP contribution in [0.15, 0.2) is 30.3 Å². The van der Waals surface area contributed by atoms with Crippen molar-refractivity contribution >= 4 is 11.8 Å². The SMILES string of the molecule is NC(=O)CCCC(=O)NC[CH]c1ccccc1. The molecule has 0 unspecified atom stereocenters. The molecule has 0 fully saturated rings. The quantitative estimate of drug-likeness (QED) is 0.737. The zero-order chi connectivity index (χ0) is 12.5. The molecule has 91 valence electrons. The topological polar surface area (TPSA) is 72.2 Å². The van der Waals surface area contributed by atoms with Crippen molar-refractivity contribution in [3.8, 4) is 0 Å². The van der Waals surface area contributed by atoms with Gasteiger partial charge < -0.3 is 11.1 Å². The highest BCUT2D eigenvalue weighted by atomic mass is 16.2. The van der Waals surface area contributed by atoms with Gasteiger partial charge in [0.25, 0.3) is 0 Å². The van der Waals surface area contributed by atoms with Crippen LogP contribution in [0.2, 0.25) is 0 Å². The summed E-state index contributed by atoms with van der Waals surface area (Å²) in [5.41, 5.74) is 6.05. The summed E-state index contributed by atoms with van der Waals surface area (Å²) in [6, 6.07) is 9.78. The minimum absolute atomic E-state index is 0.0570. The molecule has 1 radical (unpaired) electrons. The standard InChI is InChI=1S/C13H17N2O2/c14-12(16)7-4-8-13(17)15-10-9-11-5-2-1-3-6-11/h1-3,5-6,9H,4,7-8,10H2,(H2,14,16)(H,15,17). The van der Waals surface area contributed by atoms with E-state index >= 15 is 0 Å². The second-order valence-electron chi connectivity index (χ2n) is 3.74. The van der Waals surface area contributed by atoms with E-state index in [2.05, 4.69) is 5.32 Å². The Morgan fingerprint density at radius 2 is 1.88 bits per heavy atom. The van der Waals surface area contributed by atoms with Gasteiger partial charge in [0.05, 0.1) is 0 Å². The summed E-state index contributed by atoms with van der Waals surface area (Å²) in [7, 11) is 0. The van der Waals surface area contributed by atoms with Crippen LogP contribution < -0.4 is 11.1 Å². The summed E-state index contributed by atoms with van der Waals surface area (Å²) < 4.78 is 0. The molecule has 0 aliphatic heterocycles. The van der Waals surface area contributed by atoms with Crippen molar-refractivity contribution < 1.29 is 9.59 Å². The third-order valence-electron chi connectivity index (χ3n) is 2.26. The first-order valence-corrected chi connectivity index (χ1v) is 5.62. The van der Waals surface area contributed by atoms with Gasteiger partial charge in [-0.25, -0.2) is 0 Å². The van der Waals surface area contributed by atoms with Gasteiger partial charge in [0, 0.05) is 25.8 Å². The van der Waals surface area contributed by atoms with E-state index in [1.165, 1.54) is 0 Å². The predicted octanol–water partition coefficient (Wildman–Crippen LogP) is 1.01. The van der Waals surface area contributed by atoms with Gasteiger partial charge in [0.15, 0.2) is 0 Å². The maximum atomic E-state index is 11.3. The predicted molar refractivity (Wildman–Crippen MR) is 65.9 cm³/mol. The number of hydrogen-bond acceptors (Lipinski definition) is 2. The average molecular weight is 233 g/mol. The smallest absolute Gasteiger partial charge is 0.220 e. The summed E-state index contributed by atoms with van der Waals surface area (Å²) in [6.45, 7) is 0.499. The lowest BCUT2D eigenvalue weighted by atomic mass is 10.1. The molecule has 0 heterocycles. The highest BCUT2D eigenvalue weighted by Gasteiger charge is 2.02. The van der Waals surface area contributed by atoms with E-state index < -0.39 is 0 Å². The summed E-state index contributed by atoms with van der Waals surface area (Å²) in [5.74, 6) is -0.424. The second kappa shape index (κ2) is 7.44. The molecule has 0 aromatic heterocycles. The zero-order valence-corrected chi connectivity index (χ0v) is 9.69. The molecule has 0 spiro atoms. The molecule has 1 aromatic rings. The van der Waals surface area contributed by atoms with Crippen LogP contribution in [0.25, 0.3) is 0 Å². The Morgan fingerprint density at radius 3 is 2.53 bits per heavy atom. The zero-order valence-electron chi connectivity index (χ0n) is 9.69. The van der Waals surface area contributed by atoms with Crippen LogP contribution in [0.4, 0.5) is 0 Å². The molecule has 0 saturated heterocycles. The van der Waals surface area contributed by atoms with Gasteiger partial charge in [-0.3, -0.25) is 9.59 Å². The van der Waals surface area contributed by atoms with Crippen molar-refractivity contribution in [3.05, 3.63) is 42.3 Å². The number of nitrogens with one attached hydrogen (secondary N) is 1. The fourth-order valence-electron chi connectivity index (χ4n) is 1.38. The third-order valence-corrected chi connectivity index (χ3v) is 2.26. The lowest BCUT2D eigenvalue weighted by molar-refractivity contribution is -0.121. The lowest BCUT2D eigenvalue weighted by Gasteiger charge is -2.04. The summed E-state index contributed by atoms with van der Waals surface area (Å²) in [6.07, 6.45) is 3.04. The maximum Gasteiger partial charge on any atom is 0.220 e. The number of carbonyl (C=O) groups excluding carboxylic acids is 2. The monoisotopic (exact) mass is 233 g/mol. The molecular formula is C13H17N2O2. The van der Waals surface area contributed by atoms with Crippen LogP contribution in [0.1, 0.15) is 24.8 Å². The first kappa shape index (κ1) is 13.2. The number of rotatable bonds is 7. The molecular weight excluding hydrogens is 216 g/mol. The largest absolute Gasteiger partial charge is 0.370 e. The number of hydrogen-bond donors (Lipinski definition) is 2. The Morgan fingerprint density at radius 1 is 1.18 bits per heavy atom. The summed E-state index contributed by atoms with van der Waals surface area (Å²) >= 11 is 0. The van der Waals surface area contributed by atoms with Crippen LogP contribution in [0, 0.1) is 6.42 Å². The molecule has 1 rings (SSSR count). The molecule has 17 heavy (non-hydrogen) atoms. The van der Waals surface area contributed by atoms with Crippen LogP contribution in [0.3, 0.4) is 0 Å². The first-order chi connectivity index (χ1) is 8.18. The molecule has 4 nitrogen and oxygen atoms in total. The van der Waals surface area contributed by atoms with Crippen LogP contribution in [-0.4, -0.2) is 18.4 Å². The number of amides is 2. The normalized spacial score (nSPS) is 9.88. The summed E-state index contributed by atoms with van der Waals surface area (Å²) in [5, 5.41) is 2.76. The molecule has 3 N–H and O–H groups in total. The van der Waals surface area contributed by atoms with Crippen LogP contribution in [0.5, 0.6) is 0 Å². The third kappa shape index (κ3) is 6.35. The van der Waals surface area contributed by atoms with Crippen molar-refractivity contribution in [2.24, 2.45) is 5.73 Å². The molecule has 0 aliphatic rings. The van der Waals surface area contributed by atoms with Crippen molar-refractivity contribution in [2.75, 3.05) is 6.54 Å². The minimum Gasteiger partial charge on any atom is -0.370 e. The highest BCUT2D eigenvalue weighted by molar-refractivity contribution is 5.78. The lowest BCUT2D eigenvalue weighted by Crippen LogP contribution is -2.25.